The minimum atomic E-state index is -0.814. The van der Waals surface area contributed by atoms with Crippen molar-refractivity contribution in [1.29, 1.82) is 0 Å². The lowest BCUT2D eigenvalue weighted by atomic mass is 10.2. The van der Waals surface area contributed by atoms with E-state index in [9.17, 15) is 19.2 Å². The second-order valence-corrected chi connectivity index (χ2v) is 8.03. The summed E-state index contributed by atoms with van der Waals surface area (Å²) in [5.41, 5.74) is 0.199. The summed E-state index contributed by atoms with van der Waals surface area (Å²) in [6.45, 7) is 0.175. The molecule has 0 aliphatic carbocycles. The van der Waals surface area contributed by atoms with Crippen LogP contribution < -0.4 is 37.1 Å². The largest absolute Gasteiger partial charge is 0.496 e. The molecule has 2 N–H and O–H groups in total. The number of ether oxygens (including phenoxy) is 3. The molecule has 0 unspecified atom stereocenters. The molecular weight excluding hydrogens is 500 g/mol. The molecule has 0 atom stereocenters. The summed E-state index contributed by atoms with van der Waals surface area (Å²) in [7, 11) is 1.52. The van der Waals surface area contributed by atoms with Gasteiger partial charge in [-0.2, -0.15) is 0 Å². The molecule has 0 radical (unpaired) electrons. The van der Waals surface area contributed by atoms with Crippen LogP contribution in [0, 0.1) is 0 Å². The van der Waals surface area contributed by atoms with Crippen LogP contribution in [-0.2, 0) is 13.1 Å². The molecule has 0 fully saturated rings. The van der Waals surface area contributed by atoms with Crippen LogP contribution in [-0.4, -0.2) is 26.6 Å². The quantitative estimate of drug-likeness (QED) is 0.297. The van der Waals surface area contributed by atoms with E-state index in [0.717, 1.165) is 20.6 Å². The first kappa shape index (κ1) is 24.2. The SMILES string of the molecule is COc1cc(Oc2ccc(Cn3oc(=O)[nH]c3=O)cc2)cc(Oc2ccc(Cn3oc(=O)[nH]c3=O)cc2)c1. The van der Waals surface area contributed by atoms with E-state index in [1.807, 2.05) is 9.97 Å². The van der Waals surface area contributed by atoms with E-state index in [-0.39, 0.29) is 13.1 Å². The number of H-pyrrole nitrogens is 2. The van der Waals surface area contributed by atoms with Crippen molar-refractivity contribution in [2.75, 3.05) is 7.11 Å². The van der Waals surface area contributed by atoms with E-state index >= 15 is 0 Å². The first-order chi connectivity index (χ1) is 18.3. The van der Waals surface area contributed by atoms with Crippen molar-refractivity contribution < 1.29 is 23.3 Å². The fraction of sp³-hybridized carbons (Fsp3) is 0.120. The summed E-state index contributed by atoms with van der Waals surface area (Å²) in [5, 5.41) is 0. The Morgan fingerprint density at radius 3 is 1.34 bits per heavy atom. The Kier molecular flexibility index (Phi) is 6.55. The monoisotopic (exact) mass is 520 g/mol. The Morgan fingerprint density at radius 2 is 1.00 bits per heavy atom. The molecule has 5 rings (SSSR count). The zero-order chi connectivity index (χ0) is 26.6. The second-order valence-electron chi connectivity index (χ2n) is 8.03. The summed E-state index contributed by atoms with van der Waals surface area (Å²) in [5.74, 6) is 0.834. The number of methoxy groups -OCH3 is 1. The van der Waals surface area contributed by atoms with Crippen molar-refractivity contribution >= 4 is 0 Å². The van der Waals surface area contributed by atoms with Crippen molar-refractivity contribution in [2.45, 2.75) is 13.1 Å². The van der Waals surface area contributed by atoms with Gasteiger partial charge < -0.3 is 23.3 Å². The smallest absolute Gasteiger partial charge is 0.440 e. The van der Waals surface area contributed by atoms with Crippen molar-refractivity contribution in [3.05, 3.63) is 120 Å². The molecule has 38 heavy (non-hydrogen) atoms. The highest BCUT2D eigenvalue weighted by Crippen LogP contribution is 2.33. The zero-order valence-corrected chi connectivity index (χ0v) is 19.8. The minimum Gasteiger partial charge on any atom is -0.496 e. The van der Waals surface area contributed by atoms with Crippen LogP contribution >= 0.6 is 0 Å². The number of nitrogens with zero attached hydrogens (tertiary/aromatic N) is 2. The number of hydrogen-bond donors (Lipinski definition) is 2. The predicted octanol–water partition coefficient (Wildman–Crippen LogP) is 2.26. The van der Waals surface area contributed by atoms with Crippen molar-refractivity contribution in [3.8, 4) is 28.7 Å². The van der Waals surface area contributed by atoms with Crippen LogP contribution in [0.2, 0.25) is 0 Å². The van der Waals surface area contributed by atoms with Crippen molar-refractivity contribution in [3.63, 3.8) is 0 Å². The Bertz CT molecular complexity index is 1660. The highest BCUT2D eigenvalue weighted by atomic mass is 16.5. The number of rotatable bonds is 9. The molecule has 0 saturated carbocycles. The molecule has 0 aliphatic heterocycles. The molecule has 13 heteroatoms. The van der Waals surface area contributed by atoms with Gasteiger partial charge >= 0.3 is 22.9 Å². The average Bonchev–Trinajstić information content (AvgIpc) is 3.39. The molecule has 0 bridgehead atoms. The van der Waals surface area contributed by atoms with Gasteiger partial charge in [0.1, 0.15) is 28.7 Å². The van der Waals surface area contributed by atoms with Crippen LogP contribution in [0.15, 0.2) is 95.0 Å². The maximum Gasteiger partial charge on any atom is 0.440 e. The highest BCUT2D eigenvalue weighted by Gasteiger charge is 2.09. The Balaban J connectivity index is 1.27. The molecule has 13 nitrogen and oxygen atoms in total. The number of aromatic nitrogens is 4. The summed E-state index contributed by atoms with van der Waals surface area (Å²) in [6.07, 6.45) is 0. The predicted molar refractivity (Wildman–Crippen MR) is 131 cm³/mol. The normalized spacial score (nSPS) is 10.9. The van der Waals surface area contributed by atoms with E-state index < -0.39 is 22.9 Å². The lowest BCUT2D eigenvalue weighted by Gasteiger charge is -2.12. The van der Waals surface area contributed by atoms with Gasteiger partial charge in [-0.15, -0.1) is 9.48 Å². The standard InChI is InChI=1S/C25H20N4O9/c1-34-19-10-20(35-17-6-2-15(3-7-17)13-28-22(30)26-24(32)37-28)12-21(11-19)36-18-8-4-16(5-9-18)14-29-23(31)27-25(33)38-29/h2-12H,13-14H2,1H3,(H,26,30,32)(H,27,31,33). The summed E-state index contributed by atoms with van der Waals surface area (Å²) in [4.78, 5) is 49.6. The van der Waals surface area contributed by atoms with Gasteiger partial charge in [0.05, 0.1) is 20.2 Å². The molecule has 0 amide bonds. The first-order valence-electron chi connectivity index (χ1n) is 11.2. The van der Waals surface area contributed by atoms with Gasteiger partial charge in [0.25, 0.3) is 0 Å². The number of nitrogens with one attached hydrogen (secondary N) is 2. The summed E-state index contributed by atoms with van der Waals surface area (Å²) in [6, 6.07) is 18.9. The number of benzene rings is 3. The van der Waals surface area contributed by atoms with Crippen molar-refractivity contribution in [2.24, 2.45) is 0 Å². The molecule has 0 aliphatic rings. The molecule has 194 valence electrons. The van der Waals surface area contributed by atoms with Gasteiger partial charge in [0.2, 0.25) is 0 Å². The third kappa shape index (κ3) is 5.67. The van der Waals surface area contributed by atoms with Gasteiger partial charge in [0, 0.05) is 18.2 Å². The van der Waals surface area contributed by atoms with Gasteiger partial charge in [-0.3, -0.25) is 0 Å². The highest BCUT2D eigenvalue weighted by molar-refractivity contribution is 5.46. The lowest BCUT2D eigenvalue weighted by Crippen LogP contribution is -2.17. The lowest BCUT2D eigenvalue weighted by molar-refractivity contribution is 0.258. The maximum absolute atomic E-state index is 11.6. The minimum absolute atomic E-state index is 0.0875. The molecule has 0 spiro atoms. The first-order valence-corrected chi connectivity index (χ1v) is 11.2. The van der Waals surface area contributed by atoms with E-state index in [4.69, 9.17) is 23.3 Å². The topological polar surface area (TPSA) is 164 Å². The summed E-state index contributed by atoms with van der Waals surface area (Å²) >= 11 is 0. The van der Waals surface area contributed by atoms with Crippen LogP contribution in [0.5, 0.6) is 28.7 Å². The molecular formula is C25H20N4O9. The van der Waals surface area contributed by atoms with E-state index in [1.165, 1.54) is 7.11 Å². The third-order valence-electron chi connectivity index (χ3n) is 5.32. The van der Waals surface area contributed by atoms with E-state index in [2.05, 4.69) is 0 Å². The van der Waals surface area contributed by atoms with Crippen molar-refractivity contribution in [1.82, 2.24) is 19.4 Å². The Morgan fingerprint density at radius 1 is 0.605 bits per heavy atom. The average molecular weight is 520 g/mol. The van der Waals surface area contributed by atoms with Crippen LogP contribution in [0.1, 0.15) is 11.1 Å². The van der Waals surface area contributed by atoms with Crippen LogP contribution in [0.3, 0.4) is 0 Å². The van der Waals surface area contributed by atoms with Gasteiger partial charge in [0.15, 0.2) is 0 Å². The third-order valence-corrected chi connectivity index (χ3v) is 5.32. The fourth-order valence-corrected chi connectivity index (χ4v) is 3.55. The molecule has 2 aromatic heterocycles. The number of hydrogen-bond acceptors (Lipinski definition) is 9. The molecule has 2 heterocycles. The van der Waals surface area contributed by atoms with Gasteiger partial charge in [-0.25, -0.2) is 29.1 Å². The molecule has 0 saturated heterocycles. The second kappa shape index (κ2) is 10.3. The molecule has 3 aromatic carbocycles. The van der Waals surface area contributed by atoms with E-state index in [0.29, 0.717) is 28.7 Å². The number of aromatic amines is 2. The van der Waals surface area contributed by atoms with Crippen LogP contribution in [0.25, 0.3) is 0 Å². The van der Waals surface area contributed by atoms with E-state index in [1.54, 1.807) is 66.7 Å². The fourth-order valence-electron chi connectivity index (χ4n) is 3.55. The summed E-state index contributed by atoms with van der Waals surface area (Å²) < 4.78 is 28.7. The molecule has 5 aromatic rings. The zero-order valence-electron chi connectivity index (χ0n) is 19.8. The maximum atomic E-state index is 11.6. The Hall–Kier alpha value is -5.46. The van der Waals surface area contributed by atoms with Crippen LogP contribution in [0.4, 0.5) is 0 Å². The van der Waals surface area contributed by atoms with Gasteiger partial charge in [-0.05, 0) is 35.4 Å². The Labute approximate surface area is 212 Å². The van der Waals surface area contributed by atoms with Gasteiger partial charge in [-0.1, -0.05) is 24.3 Å².